The van der Waals surface area contributed by atoms with Gasteiger partial charge >= 0.3 is 0 Å². The standard InChI is InChI=1S/C52H97NO13/c1-3-4-5-6-7-8-9-10-11-12-13-14-15-16-17-18-19-20-21-22-23-24-25-26-27-28-29-30-31-32-33-34-35-36-42(57)41(53-40(2)56)39-63-51-49(62)47(60)50(44(38-55)65-51)66-52-48(61)46(59)45(58)43(37-54)64-52/h31-32,35-36,41-52,54-55,57-62H,3-30,33-34,37-39H2,1-2H3,(H,53,56)/b32-31+,36-35+. The smallest absolute Gasteiger partial charge is 0.217 e. The molecule has 2 fully saturated rings. The van der Waals surface area contributed by atoms with Crippen molar-refractivity contribution >= 4 is 5.91 Å². The zero-order valence-corrected chi connectivity index (χ0v) is 41.2. The molecule has 0 aromatic heterocycles. The third kappa shape index (κ3) is 26.4. The first kappa shape index (κ1) is 60.6. The molecule has 2 heterocycles. The zero-order valence-electron chi connectivity index (χ0n) is 41.2. The summed E-state index contributed by atoms with van der Waals surface area (Å²) in [7, 11) is 0. The van der Waals surface area contributed by atoms with E-state index in [4.69, 9.17) is 18.9 Å². The van der Waals surface area contributed by atoms with Gasteiger partial charge in [-0.05, 0) is 25.7 Å². The lowest BCUT2D eigenvalue weighted by molar-refractivity contribution is -0.359. The number of aliphatic hydroxyl groups is 8. The highest BCUT2D eigenvalue weighted by Crippen LogP contribution is 2.30. The zero-order chi connectivity index (χ0) is 48.2. The van der Waals surface area contributed by atoms with Gasteiger partial charge in [-0.1, -0.05) is 198 Å². The molecular formula is C52H97NO13. The van der Waals surface area contributed by atoms with Gasteiger partial charge in [0.2, 0.25) is 5.91 Å². The average Bonchev–Trinajstić information content (AvgIpc) is 3.31. The summed E-state index contributed by atoms with van der Waals surface area (Å²) in [6.45, 7) is 1.83. The van der Waals surface area contributed by atoms with Crippen LogP contribution in [0.3, 0.4) is 0 Å². The van der Waals surface area contributed by atoms with Crippen molar-refractivity contribution in [3.05, 3.63) is 24.3 Å². The van der Waals surface area contributed by atoms with Crippen LogP contribution in [0.5, 0.6) is 0 Å². The Hall–Kier alpha value is -1.53. The maximum Gasteiger partial charge on any atom is 0.217 e. The molecule has 12 atom stereocenters. The lowest BCUT2D eigenvalue weighted by atomic mass is 9.97. The summed E-state index contributed by atoms with van der Waals surface area (Å²) in [6.07, 6.45) is 31.0. The van der Waals surface area contributed by atoms with Crippen LogP contribution in [0.2, 0.25) is 0 Å². The second kappa shape index (κ2) is 39.2. The van der Waals surface area contributed by atoms with E-state index >= 15 is 0 Å². The van der Waals surface area contributed by atoms with Crippen LogP contribution in [0.15, 0.2) is 24.3 Å². The van der Waals surface area contributed by atoms with Crippen molar-refractivity contribution in [3.63, 3.8) is 0 Å². The number of amides is 1. The second-order valence-corrected chi connectivity index (χ2v) is 19.1. The Morgan fingerprint density at radius 1 is 0.530 bits per heavy atom. The van der Waals surface area contributed by atoms with Crippen molar-refractivity contribution in [3.8, 4) is 0 Å². The number of rotatable bonds is 41. The van der Waals surface area contributed by atoms with E-state index < -0.39 is 92.7 Å². The Balaban J connectivity index is 1.46. The Bertz CT molecular complexity index is 1210. The summed E-state index contributed by atoms with van der Waals surface area (Å²) in [5.41, 5.74) is 0. The molecule has 0 saturated carbocycles. The molecule has 0 bridgehead atoms. The van der Waals surface area contributed by atoms with E-state index in [1.54, 1.807) is 6.08 Å². The lowest BCUT2D eigenvalue weighted by Crippen LogP contribution is -2.65. The molecule has 14 heteroatoms. The molecule has 12 unspecified atom stereocenters. The third-order valence-corrected chi connectivity index (χ3v) is 13.2. The van der Waals surface area contributed by atoms with Crippen LogP contribution >= 0.6 is 0 Å². The van der Waals surface area contributed by atoms with Gasteiger partial charge in [-0.2, -0.15) is 0 Å². The van der Waals surface area contributed by atoms with Gasteiger partial charge in [0.05, 0.1) is 32.0 Å². The van der Waals surface area contributed by atoms with Gasteiger partial charge in [0.1, 0.15) is 48.8 Å². The largest absolute Gasteiger partial charge is 0.394 e. The van der Waals surface area contributed by atoms with Crippen LogP contribution in [0.4, 0.5) is 0 Å². The Morgan fingerprint density at radius 2 is 0.939 bits per heavy atom. The monoisotopic (exact) mass is 944 g/mol. The van der Waals surface area contributed by atoms with Crippen molar-refractivity contribution in [2.75, 3.05) is 19.8 Å². The molecule has 14 nitrogen and oxygen atoms in total. The van der Waals surface area contributed by atoms with E-state index in [1.165, 1.54) is 180 Å². The number of hydrogen-bond donors (Lipinski definition) is 9. The molecule has 2 saturated heterocycles. The number of ether oxygens (including phenoxy) is 4. The summed E-state index contributed by atoms with van der Waals surface area (Å²) in [4.78, 5) is 11.9. The van der Waals surface area contributed by atoms with E-state index in [1.807, 2.05) is 6.08 Å². The van der Waals surface area contributed by atoms with Crippen molar-refractivity contribution in [2.45, 2.75) is 280 Å². The van der Waals surface area contributed by atoms with E-state index in [9.17, 15) is 45.6 Å². The summed E-state index contributed by atoms with van der Waals surface area (Å²) >= 11 is 0. The second-order valence-electron chi connectivity index (χ2n) is 19.1. The Labute approximate surface area is 398 Å². The first-order valence-electron chi connectivity index (χ1n) is 26.5. The fourth-order valence-electron chi connectivity index (χ4n) is 8.93. The molecule has 2 aliphatic rings. The summed E-state index contributed by atoms with van der Waals surface area (Å²) in [6, 6.07) is -0.929. The topological polar surface area (TPSA) is 228 Å². The number of hydrogen-bond acceptors (Lipinski definition) is 13. The molecule has 388 valence electrons. The van der Waals surface area contributed by atoms with Crippen LogP contribution < -0.4 is 5.32 Å². The predicted molar refractivity (Wildman–Crippen MR) is 258 cm³/mol. The predicted octanol–water partition coefficient (Wildman–Crippen LogP) is 7.33. The summed E-state index contributed by atoms with van der Waals surface area (Å²) < 4.78 is 22.2. The first-order valence-corrected chi connectivity index (χ1v) is 26.5. The molecule has 0 radical (unpaired) electrons. The van der Waals surface area contributed by atoms with Crippen LogP contribution in [-0.2, 0) is 23.7 Å². The summed E-state index contributed by atoms with van der Waals surface area (Å²) in [5, 5.41) is 85.1. The average molecular weight is 944 g/mol. The van der Waals surface area contributed by atoms with Crippen LogP contribution in [0.1, 0.15) is 206 Å². The van der Waals surface area contributed by atoms with Gasteiger partial charge in [-0.3, -0.25) is 4.79 Å². The highest BCUT2D eigenvalue weighted by Gasteiger charge is 2.51. The maximum atomic E-state index is 11.9. The minimum Gasteiger partial charge on any atom is -0.394 e. The van der Waals surface area contributed by atoms with Crippen molar-refractivity contribution in [2.24, 2.45) is 0 Å². The normalized spacial score (nSPS) is 26.9. The van der Waals surface area contributed by atoms with E-state index in [-0.39, 0.29) is 6.61 Å². The number of carbonyl (C=O) groups is 1. The van der Waals surface area contributed by atoms with Gasteiger partial charge in [0, 0.05) is 6.92 Å². The van der Waals surface area contributed by atoms with E-state index in [0.29, 0.717) is 6.42 Å². The quantitative estimate of drug-likeness (QED) is 0.0216. The third-order valence-electron chi connectivity index (χ3n) is 13.2. The lowest BCUT2D eigenvalue weighted by Gasteiger charge is -2.46. The van der Waals surface area contributed by atoms with Gasteiger partial charge in [-0.25, -0.2) is 0 Å². The van der Waals surface area contributed by atoms with Gasteiger partial charge in [-0.15, -0.1) is 0 Å². The minimum atomic E-state index is -1.79. The summed E-state index contributed by atoms with van der Waals surface area (Å²) in [5.74, 6) is -0.425. The van der Waals surface area contributed by atoms with Gasteiger partial charge in [0.15, 0.2) is 12.6 Å². The molecule has 9 N–H and O–H groups in total. The molecule has 0 aromatic carbocycles. The van der Waals surface area contributed by atoms with Crippen molar-refractivity contribution < 1.29 is 64.6 Å². The maximum absolute atomic E-state index is 11.9. The van der Waals surface area contributed by atoms with Crippen LogP contribution in [0.25, 0.3) is 0 Å². The van der Waals surface area contributed by atoms with Crippen LogP contribution in [-0.4, -0.2) is 140 Å². The number of unbranched alkanes of at least 4 members (excludes halogenated alkanes) is 28. The minimum absolute atomic E-state index is 0.324. The molecule has 0 aliphatic carbocycles. The highest BCUT2D eigenvalue weighted by atomic mass is 16.7. The first-order chi connectivity index (χ1) is 32.0. The van der Waals surface area contributed by atoms with Crippen molar-refractivity contribution in [1.82, 2.24) is 5.32 Å². The number of aliphatic hydroxyl groups excluding tert-OH is 8. The molecule has 0 spiro atoms. The van der Waals surface area contributed by atoms with E-state index in [0.717, 1.165) is 12.8 Å². The molecular weight excluding hydrogens is 847 g/mol. The molecule has 2 rings (SSSR count). The van der Waals surface area contributed by atoms with E-state index in [2.05, 4.69) is 24.4 Å². The van der Waals surface area contributed by atoms with Gasteiger partial charge in [0.25, 0.3) is 0 Å². The fraction of sp³-hybridized carbons (Fsp3) is 0.904. The van der Waals surface area contributed by atoms with Crippen molar-refractivity contribution in [1.29, 1.82) is 0 Å². The number of carbonyl (C=O) groups excluding carboxylic acids is 1. The molecule has 66 heavy (non-hydrogen) atoms. The fourth-order valence-corrected chi connectivity index (χ4v) is 8.93. The Kier molecular flexibility index (Phi) is 36.0. The highest BCUT2D eigenvalue weighted by molar-refractivity contribution is 5.73. The van der Waals surface area contributed by atoms with Gasteiger partial charge < -0.3 is 65.1 Å². The number of nitrogens with one attached hydrogen (secondary N) is 1. The molecule has 2 aliphatic heterocycles. The number of allylic oxidation sites excluding steroid dienone is 3. The Morgan fingerprint density at radius 3 is 1.39 bits per heavy atom. The molecule has 1 amide bonds. The molecule has 0 aromatic rings. The van der Waals surface area contributed by atoms with Crippen LogP contribution in [0, 0.1) is 0 Å². The SMILES string of the molecule is CCCCCCCCCCCCCCCCCCCCCCCCCCCCC/C=C/CC/C=C/C(O)C(COC1OC(CO)C(OC2OC(CO)C(O)C(O)C2O)C(O)C1O)NC(C)=O.